The molecule has 0 bridgehead atoms. The Bertz CT molecular complexity index is 6300. The lowest BCUT2D eigenvalue weighted by Gasteiger charge is -2.19. The molecular weight excluding hydrogens is 1090 g/mol. The number of para-hydroxylation sites is 4. The van der Waals surface area contributed by atoms with Gasteiger partial charge in [-0.25, -0.2) is 9.97 Å². The van der Waals surface area contributed by atoms with Gasteiger partial charge in [0.25, 0.3) is 0 Å². The highest BCUT2D eigenvalue weighted by atomic mass is 15.0. The molecule has 20 rings (SSSR count). The molecule has 416 valence electrons. The number of hydrogen-bond acceptors (Lipinski definition) is 2. The lowest BCUT2D eigenvalue weighted by Crippen LogP contribution is -1.94. The summed E-state index contributed by atoms with van der Waals surface area (Å²) in [6.45, 7) is 0. The van der Waals surface area contributed by atoms with Gasteiger partial charge in [-0.1, -0.05) is 273 Å². The van der Waals surface area contributed by atoms with E-state index in [9.17, 15) is 0 Å². The second-order valence-corrected chi connectivity index (χ2v) is 23.8. The maximum Gasteiger partial charge on any atom is 0.146 e. The summed E-state index contributed by atoms with van der Waals surface area (Å²) >= 11 is 0. The fourth-order valence-electron chi connectivity index (χ4n) is 15.2. The van der Waals surface area contributed by atoms with Gasteiger partial charge in [0.2, 0.25) is 0 Å². The molecule has 4 heteroatoms. The van der Waals surface area contributed by atoms with Crippen molar-refractivity contribution in [3.63, 3.8) is 0 Å². The highest BCUT2D eigenvalue weighted by Crippen LogP contribution is 2.48. The first-order valence-electron chi connectivity index (χ1n) is 31.0. The molecule has 90 heavy (non-hydrogen) atoms. The first kappa shape index (κ1) is 50.2. The van der Waals surface area contributed by atoms with E-state index >= 15 is 0 Å². The quantitative estimate of drug-likeness (QED) is 0.130. The molecule has 0 fully saturated rings. The molecule has 0 aliphatic rings. The van der Waals surface area contributed by atoms with E-state index in [1.54, 1.807) is 0 Å². The van der Waals surface area contributed by atoms with E-state index in [1.807, 2.05) is 0 Å². The second kappa shape index (κ2) is 19.8. The van der Waals surface area contributed by atoms with Gasteiger partial charge in [0.1, 0.15) is 11.3 Å². The molecule has 0 aliphatic heterocycles. The summed E-state index contributed by atoms with van der Waals surface area (Å²) in [5, 5.41) is 22.4. The molecule has 0 spiro atoms. The zero-order valence-corrected chi connectivity index (χ0v) is 48.8. The SMILES string of the molecule is c1ccc2c(-c3c4ccccc4c(-c4ccc5c6ccccc6c6nc7ccccc7n6c5c4)c4ccccc34)cccc2c1.c1ccc2cc(-c3c4ccccc4c(-c4ccc5c6ccccc6c6nc7ccccc7n6c5c4)c4ccccc34)ccc2c1. The Balaban J connectivity index is 0.000000130. The molecule has 0 N–H and O–H groups in total. The predicted molar refractivity (Wildman–Crippen MR) is 382 cm³/mol. The average Bonchev–Trinajstić information content (AvgIpc) is 1.53. The molecule has 0 radical (unpaired) electrons. The van der Waals surface area contributed by atoms with Crippen molar-refractivity contribution in [2.24, 2.45) is 0 Å². The predicted octanol–water partition coefficient (Wildman–Crippen LogP) is 23.2. The largest absolute Gasteiger partial charge is 0.292 e. The average molecular weight is 1140 g/mol. The van der Waals surface area contributed by atoms with Crippen LogP contribution in [0.4, 0.5) is 0 Å². The van der Waals surface area contributed by atoms with Crippen LogP contribution in [0.5, 0.6) is 0 Å². The maximum absolute atomic E-state index is 5.13. The Hall–Kier alpha value is -12.0. The minimum Gasteiger partial charge on any atom is -0.292 e. The normalized spacial score (nSPS) is 12.0. The van der Waals surface area contributed by atoms with Gasteiger partial charge in [0.05, 0.1) is 33.1 Å². The van der Waals surface area contributed by atoms with Crippen LogP contribution in [0.2, 0.25) is 0 Å². The van der Waals surface area contributed by atoms with E-state index in [1.165, 1.54) is 152 Å². The van der Waals surface area contributed by atoms with Crippen molar-refractivity contribution in [3.8, 4) is 44.5 Å². The molecule has 16 aromatic carbocycles. The molecule has 0 saturated carbocycles. The van der Waals surface area contributed by atoms with Gasteiger partial charge in [-0.3, -0.25) is 8.80 Å². The standard InChI is InChI=1S/2C43H26N2/c1-2-14-29-27(12-1)13-11-21-32(29)42-35-18-6-4-16-33(35)41(34-17-5-7-19-36(34)42)28-24-25-31-30-15-3-8-20-37(30)43-44-38-22-9-10-23-39(38)45(43)40(31)26-28;1-2-12-28-25-29(22-21-27(28)11-1)41-33-14-4-6-16-35(33)42(36-17-7-5-15-34(36)41)30-23-24-32-31-13-3-8-18-37(31)43-44-38-19-9-10-20-39(38)45(43)40(32)26-30/h2*1-26H. The van der Waals surface area contributed by atoms with Gasteiger partial charge in [-0.2, -0.15) is 0 Å². The molecule has 4 heterocycles. The molecular formula is C86H52N4. The number of fused-ring (bicyclic) bond motifs is 22. The van der Waals surface area contributed by atoms with Gasteiger partial charge in [0, 0.05) is 21.5 Å². The molecule has 0 aliphatic carbocycles. The van der Waals surface area contributed by atoms with Gasteiger partial charge >= 0.3 is 0 Å². The molecule has 0 saturated heterocycles. The molecule has 0 amide bonds. The summed E-state index contributed by atoms with van der Waals surface area (Å²) in [4.78, 5) is 10.3. The van der Waals surface area contributed by atoms with Crippen molar-refractivity contribution >= 4 is 141 Å². The highest BCUT2D eigenvalue weighted by Gasteiger charge is 2.23. The zero-order valence-electron chi connectivity index (χ0n) is 48.8. The van der Waals surface area contributed by atoms with E-state index < -0.39 is 0 Å². The molecule has 20 aromatic rings. The number of imidazole rings is 2. The van der Waals surface area contributed by atoms with E-state index in [2.05, 4.69) is 324 Å². The van der Waals surface area contributed by atoms with Crippen LogP contribution in [0.3, 0.4) is 0 Å². The first-order chi connectivity index (χ1) is 44.7. The van der Waals surface area contributed by atoms with Gasteiger partial charge in [-0.05, 0) is 162 Å². The third-order valence-corrected chi connectivity index (χ3v) is 19.1. The van der Waals surface area contributed by atoms with E-state index in [0.29, 0.717) is 0 Å². The molecule has 0 atom stereocenters. The fraction of sp³-hybridized carbons (Fsp3) is 0. The van der Waals surface area contributed by atoms with Crippen LogP contribution >= 0.6 is 0 Å². The topological polar surface area (TPSA) is 34.6 Å². The van der Waals surface area contributed by atoms with Gasteiger partial charge in [-0.15, -0.1) is 0 Å². The summed E-state index contributed by atoms with van der Waals surface area (Å²) < 4.78 is 4.70. The number of pyridine rings is 2. The van der Waals surface area contributed by atoms with Crippen molar-refractivity contribution in [2.75, 3.05) is 0 Å². The minimum absolute atomic E-state index is 0.998. The first-order valence-corrected chi connectivity index (χ1v) is 31.0. The summed E-state index contributed by atoms with van der Waals surface area (Å²) in [5.41, 5.74) is 18.6. The number of aromatic nitrogens is 4. The Labute approximate surface area is 517 Å². The Kier molecular flexibility index (Phi) is 11.0. The minimum atomic E-state index is 0.998. The van der Waals surface area contributed by atoms with E-state index in [-0.39, 0.29) is 0 Å². The third-order valence-electron chi connectivity index (χ3n) is 19.1. The fourth-order valence-corrected chi connectivity index (χ4v) is 15.2. The second-order valence-electron chi connectivity index (χ2n) is 23.8. The maximum atomic E-state index is 5.13. The molecule has 0 unspecified atom stereocenters. The summed E-state index contributed by atoms with van der Waals surface area (Å²) in [6, 6.07) is 115. The summed E-state index contributed by atoms with van der Waals surface area (Å²) in [6.07, 6.45) is 0. The van der Waals surface area contributed by atoms with Crippen molar-refractivity contribution in [2.45, 2.75) is 0 Å². The van der Waals surface area contributed by atoms with Crippen LogP contribution in [0.1, 0.15) is 0 Å². The molecule has 4 aromatic heterocycles. The van der Waals surface area contributed by atoms with Crippen LogP contribution in [-0.4, -0.2) is 18.8 Å². The van der Waals surface area contributed by atoms with Gasteiger partial charge < -0.3 is 0 Å². The summed E-state index contributed by atoms with van der Waals surface area (Å²) in [7, 11) is 0. The number of hydrogen-bond donors (Lipinski definition) is 0. The van der Waals surface area contributed by atoms with Crippen LogP contribution in [0, 0.1) is 0 Å². The smallest absolute Gasteiger partial charge is 0.146 e. The van der Waals surface area contributed by atoms with Crippen molar-refractivity contribution in [3.05, 3.63) is 315 Å². The van der Waals surface area contributed by atoms with Crippen LogP contribution in [-0.2, 0) is 0 Å². The van der Waals surface area contributed by atoms with Crippen molar-refractivity contribution in [1.29, 1.82) is 0 Å². The summed E-state index contributed by atoms with van der Waals surface area (Å²) in [5.74, 6) is 0. The number of nitrogens with zero attached hydrogens (tertiary/aromatic N) is 4. The third kappa shape index (κ3) is 7.49. The van der Waals surface area contributed by atoms with Crippen molar-refractivity contribution < 1.29 is 0 Å². The van der Waals surface area contributed by atoms with Crippen LogP contribution in [0.15, 0.2) is 315 Å². The highest BCUT2D eigenvalue weighted by molar-refractivity contribution is 6.26. The Morgan fingerprint density at radius 3 is 0.989 bits per heavy atom. The lowest BCUT2D eigenvalue weighted by atomic mass is 9.84. The van der Waals surface area contributed by atoms with E-state index in [4.69, 9.17) is 9.97 Å². The van der Waals surface area contributed by atoms with Gasteiger partial charge in [0.15, 0.2) is 0 Å². The Morgan fingerprint density at radius 1 is 0.189 bits per heavy atom. The monoisotopic (exact) mass is 1140 g/mol. The van der Waals surface area contributed by atoms with Crippen LogP contribution < -0.4 is 0 Å². The Morgan fingerprint density at radius 2 is 0.522 bits per heavy atom. The van der Waals surface area contributed by atoms with Crippen molar-refractivity contribution in [1.82, 2.24) is 18.8 Å². The van der Waals surface area contributed by atoms with E-state index in [0.717, 1.165) is 33.4 Å². The van der Waals surface area contributed by atoms with Crippen LogP contribution in [0.25, 0.3) is 186 Å². The lowest BCUT2D eigenvalue weighted by molar-refractivity contribution is 1.31. The number of benzene rings is 16. The number of rotatable bonds is 4. The molecule has 4 nitrogen and oxygen atoms in total. The zero-order chi connectivity index (χ0) is 59.0.